The lowest BCUT2D eigenvalue weighted by atomic mass is 9.77. The van der Waals surface area contributed by atoms with Crippen LogP contribution in [-0.2, 0) is 0 Å². The molecule has 0 amide bonds. The number of benzene rings is 4. The molecule has 2 aliphatic rings. The van der Waals surface area contributed by atoms with Gasteiger partial charge in [0.05, 0.1) is 33.8 Å². The molecule has 0 heterocycles. The first kappa shape index (κ1) is 38.9. The van der Waals surface area contributed by atoms with E-state index in [4.69, 9.17) is 0 Å². The lowest BCUT2D eigenvalue weighted by molar-refractivity contribution is 0.303. The van der Waals surface area contributed by atoms with Gasteiger partial charge in [-0.2, -0.15) is 10.5 Å². The number of hydrogen-bond acceptors (Lipinski definition) is 3. The molecule has 3 heteroatoms. The summed E-state index contributed by atoms with van der Waals surface area (Å²) in [6.07, 6.45) is 21.7. The van der Waals surface area contributed by atoms with Crippen LogP contribution in [0, 0.1) is 34.5 Å². The van der Waals surface area contributed by atoms with Gasteiger partial charge in [-0.15, -0.1) is 11.8 Å². The third-order valence-corrected chi connectivity index (χ3v) is 14.1. The van der Waals surface area contributed by atoms with E-state index >= 15 is 0 Å². The van der Waals surface area contributed by atoms with Gasteiger partial charge < -0.3 is 0 Å². The Bertz CT molecular complexity index is 1610. The van der Waals surface area contributed by atoms with E-state index < -0.39 is 0 Å². The van der Waals surface area contributed by atoms with Crippen LogP contribution in [0.15, 0.2) is 97.1 Å². The number of hydrogen-bond donors (Lipinski definition) is 0. The highest BCUT2D eigenvalue weighted by atomic mass is 32.2. The number of rotatable bonds is 16. The lowest BCUT2D eigenvalue weighted by Crippen LogP contribution is -2.13. The Kier molecular flexibility index (Phi) is 14.7. The van der Waals surface area contributed by atoms with E-state index in [1.54, 1.807) is 0 Å². The van der Waals surface area contributed by atoms with Crippen LogP contribution in [0.5, 0.6) is 0 Å². The van der Waals surface area contributed by atoms with Gasteiger partial charge in [0, 0.05) is 0 Å². The van der Waals surface area contributed by atoms with Gasteiger partial charge in [-0.1, -0.05) is 138 Å². The molecule has 0 saturated heterocycles. The van der Waals surface area contributed by atoms with Crippen molar-refractivity contribution in [1.82, 2.24) is 0 Å². The van der Waals surface area contributed by atoms with Gasteiger partial charge in [-0.3, -0.25) is 0 Å². The van der Waals surface area contributed by atoms with Crippen LogP contribution in [0.1, 0.15) is 183 Å². The van der Waals surface area contributed by atoms with Crippen molar-refractivity contribution >= 4 is 11.8 Å². The Morgan fingerprint density at radius 3 is 1.09 bits per heavy atom. The third-order valence-electron chi connectivity index (χ3n) is 12.5. The third kappa shape index (κ3) is 10.7. The van der Waals surface area contributed by atoms with E-state index in [2.05, 4.69) is 98.8 Å². The predicted octanol–water partition coefficient (Wildman–Crippen LogP) is 14.8. The molecule has 2 unspecified atom stereocenters. The molecule has 0 aliphatic heterocycles. The zero-order valence-corrected chi connectivity index (χ0v) is 33.1. The summed E-state index contributed by atoms with van der Waals surface area (Å²) in [6, 6.07) is 40.1. The maximum Gasteiger partial charge on any atom is 0.0991 e. The van der Waals surface area contributed by atoms with Crippen LogP contribution in [0.4, 0.5) is 0 Å². The standard InChI is InChI=1S/C50H60N2S/c1-3-5-7-9-37-11-19-41(20-12-37)43-27-31-47(32-28-43)49(45-23-15-39(35-51)16-24-45)53-50(46-25-17-40(36-52)18-26-46)48-33-29-44(30-34-48)42-21-13-38(14-22-42)10-8-6-4-2/h15-18,23-34,37-38,41-42,49-50H,3-14,19-22H2,1-2H3. The zero-order valence-electron chi connectivity index (χ0n) is 32.3. The minimum Gasteiger partial charge on any atom is -0.192 e. The highest BCUT2D eigenvalue weighted by molar-refractivity contribution is 8.00. The predicted molar refractivity (Wildman–Crippen MR) is 224 cm³/mol. The summed E-state index contributed by atoms with van der Waals surface area (Å²) >= 11 is 1.97. The van der Waals surface area contributed by atoms with Crippen LogP contribution < -0.4 is 0 Å². The smallest absolute Gasteiger partial charge is 0.0991 e. The average molecular weight is 721 g/mol. The fraction of sp³-hybridized carbons (Fsp3) is 0.480. The lowest BCUT2D eigenvalue weighted by Gasteiger charge is -2.30. The normalized spacial score (nSPS) is 21.3. The van der Waals surface area contributed by atoms with Gasteiger partial charge in [0.1, 0.15) is 0 Å². The second-order valence-corrected chi connectivity index (χ2v) is 17.3. The number of nitriles is 2. The topological polar surface area (TPSA) is 47.6 Å². The van der Waals surface area contributed by atoms with Crippen molar-refractivity contribution in [3.8, 4) is 12.1 Å². The van der Waals surface area contributed by atoms with E-state index in [0.717, 1.165) is 11.8 Å². The van der Waals surface area contributed by atoms with Crippen molar-refractivity contribution in [1.29, 1.82) is 10.5 Å². The molecule has 0 N–H and O–H groups in total. The maximum atomic E-state index is 9.59. The highest BCUT2D eigenvalue weighted by Crippen LogP contribution is 2.49. The Labute approximate surface area is 325 Å². The Hall–Kier alpha value is -3.79. The average Bonchev–Trinajstić information content (AvgIpc) is 3.22. The fourth-order valence-electron chi connectivity index (χ4n) is 9.12. The van der Waals surface area contributed by atoms with E-state index in [9.17, 15) is 10.5 Å². The number of unbranched alkanes of at least 4 members (excludes halogenated alkanes) is 4. The molecule has 2 nitrogen and oxygen atoms in total. The monoisotopic (exact) mass is 720 g/mol. The molecule has 2 saturated carbocycles. The molecule has 0 radical (unpaired) electrons. The van der Waals surface area contributed by atoms with Gasteiger partial charge in [0.15, 0.2) is 0 Å². The Balaban J connectivity index is 1.23. The zero-order chi connectivity index (χ0) is 36.8. The highest BCUT2D eigenvalue weighted by Gasteiger charge is 2.27. The molecule has 0 bridgehead atoms. The summed E-state index contributed by atoms with van der Waals surface area (Å²) in [5.41, 5.74) is 9.35. The SMILES string of the molecule is CCCCCC1CCC(c2ccc(C(SC(c3ccc(C#N)cc3)c3ccc(C4CCC(CCCCC)CC4)cc3)c3ccc(C#N)cc3)cc2)CC1. The van der Waals surface area contributed by atoms with Crippen LogP contribution in [0.3, 0.4) is 0 Å². The van der Waals surface area contributed by atoms with Crippen molar-refractivity contribution in [2.24, 2.45) is 11.8 Å². The molecule has 276 valence electrons. The molecule has 4 aromatic carbocycles. The summed E-state index contributed by atoms with van der Waals surface area (Å²) < 4.78 is 0. The minimum atomic E-state index is 0.0781. The molecule has 0 aromatic heterocycles. The van der Waals surface area contributed by atoms with Crippen molar-refractivity contribution in [2.75, 3.05) is 0 Å². The summed E-state index contributed by atoms with van der Waals surface area (Å²) in [7, 11) is 0. The molecule has 2 aliphatic carbocycles. The van der Waals surface area contributed by atoms with Crippen molar-refractivity contribution in [3.63, 3.8) is 0 Å². The quantitative estimate of drug-likeness (QED) is 0.108. The molecule has 2 atom stereocenters. The molecule has 6 rings (SSSR count). The second-order valence-electron chi connectivity index (χ2n) is 16.1. The van der Waals surface area contributed by atoms with Crippen LogP contribution in [0.25, 0.3) is 0 Å². The van der Waals surface area contributed by atoms with E-state index in [1.807, 2.05) is 36.0 Å². The van der Waals surface area contributed by atoms with Gasteiger partial charge in [-0.25, -0.2) is 0 Å². The van der Waals surface area contributed by atoms with Gasteiger partial charge in [0.25, 0.3) is 0 Å². The largest absolute Gasteiger partial charge is 0.192 e. The summed E-state index contributed by atoms with van der Waals surface area (Å²) in [5, 5.41) is 19.3. The molecule has 4 aromatic rings. The number of nitrogens with zero attached hydrogens (tertiary/aromatic N) is 2. The van der Waals surface area contributed by atoms with Gasteiger partial charge in [0.2, 0.25) is 0 Å². The van der Waals surface area contributed by atoms with Crippen LogP contribution in [-0.4, -0.2) is 0 Å². The minimum absolute atomic E-state index is 0.0781. The molecule has 2 fully saturated rings. The van der Waals surface area contributed by atoms with E-state index in [0.29, 0.717) is 23.0 Å². The van der Waals surface area contributed by atoms with E-state index in [-0.39, 0.29) is 10.5 Å². The van der Waals surface area contributed by atoms with E-state index in [1.165, 1.54) is 136 Å². The fourth-order valence-corrected chi connectivity index (χ4v) is 10.7. The van der Waals surface area contributed by atoms with Crippen molar-refractivity contribution in [2.45, 2.75) is 139 Å². The Morgan fingerprint density at radius 2 is 0.792 bits per heavy atom. The first-order valence-electron chi connectivity index (χ1n) is 20.9. The first-order valence-corrected chi connectivity index (χ1v) is 21.9. The second kappa shape index (κ2) is 20.0. The first-order chi connectivity index (χ1) is 26.1. The summed E-state index contributed by atoms with van der Waals surface area (Å²) in [6.45, 7) is 4.60. The van der Waals surface area contributed by atoms with Gasteiger partial charge in [-0.05, 0) is 133 Å². The summed E-state index contributed by atoms with van der Waals surface area (Å²) in [5.74, 6) is 3.15. The van der Waals surface area contributed by atoms with Crippen molar-refractivity contribution in [3.05, 3.63) is 142 Å². The summed E-state index contributed by atoms with van der Waals surface area (Å²) in [4.78, 5) is 0. The molecular formula is C50H60N2S. The molecule has 53 heavy (non-hydrogen) atoms. The van der Waals surface area contributed by atoms with Crippen LogP contribution in [0.2, 0.25) is 0 Å². The Morgan fingerprint density at radius 1 is 0.472 bits per heavy atom. The maximum absolute atomic E-state index is 9.59. The molecule has 0 spiro atoms. The van der Waals surface area contributed by atoms with Gasteiger partial charge >= 0.3 is 0 Å². The van der Waals surface area contributed by atoms with Crippen molar-refractivity contribution < 1.29 is 0 Å². The van der Waals surface area contributed by atoms with Crippen LogP contribution >= 0.6 is 11.8 Å². The number of thioether (sulfide) groups is 1. The molecular weight excluding hydrogens is 661 g/mol.